The molecule has 0 aromatic heterocycles. The van der Waals surface area contributed by atoms with Crippen LogP contribution in [0.15, 0.2) is 48.5 Å². The molecule has 8 nitrogen and oxygen atoms in total. The number of carboxylic acid groups (broad SMARTS) is 1. The molecule has 8 heteroatoms. The van der Waals surface area contributed by atoms with Gasteiger partial charge in [0.25, 0.3) is 0 Å². The molecule has 0 spiro atoms. The van der Waals surface area contributed by atoms with Gasteiger partial charge in [-0.25, -0.2) is 4.79 Å². The second-order valence-electron chi connectivity index (χ2n) is 8.99. The molecule has 1 saturated heterocycles. The molecular formula is C27H32N2O6. The average Bonchev–Trinajstić information content (AvgIpc) is 3.42. The van der Waals surface area contributed by atoms with E-state index in [0.717, 1.165) is 22.3 Å². The van der Waals surface area contributed by atoms with Crippen LogP contribution in [-0.4, -0.2) is 66.4 Å². The highest BCUT2D eigenvalue weighted by Crippen LogP contribution is 2.44. The predicted molar refractivity (Wildman–Crippen MR) is 130 cm³/mol. The highest BCUT2D eigenvalue weighted by Gasteiger charge is 2.42. The van der Waals surface area contributed by atoms with Gasteiger partial charge in [0.15, 0.2) is 0 Å². The van der Waals surface area contributed by atoms with Crippen molar-refractivity contribution in [2.45, 2.75) is 44.8 Å². The lowest BCUT2D eigenvalue weighted by Gasteiger charge is -2.24. The number of rotatable bonds is 9. The van der Waals surface area contributed by atoms with Crippen LogP contribution in [-0.2, 0) is 19.1 Å². The largest absolute Gasteiger partial charge is 0.481 e. The number of nitrogens with zero attached hydrogens (tertiary/aromatic N) is 1. The molecule has 1 fully saturated rings. The number of hydrogen-bond acceptors (Lipinski definition) is 5. The van der Waals surface area contributed by atoms with Gasteiger partial charge in [-0.05, 0) is 35.6 Å². The molecule has 4 rings (SSSR count). The van der Waals surface area contributed by atoms with Crippen LogP contribution in [0.3, 0.4) is 0 Å². The lowest BCUT2D eigenvalue weighted by molar-refractivity contribution is -0.145. The Labute approximate surface area is 205 Å². The number of carbonyl (C=O) groups excluding carboxylic acids is 2. The molecule has 2 aromatic rings. The first-order chi connectivity index (χ1) is 16.9. The van der Waals surface area contributed by atoms with Crippen molar-refractivity contribution in [1.82, 2.24) is 10.2 Å². The minimum absolute atomic E-state index is 0.0609. The Kier molecular flexibility index (Phi) is 7.70. The van der Waals surface area contributed by atoms with Crippen molar-refractivity contribution < 1.29 is 29.0 Å². The number of amides is 2. The van der Waals surface area contributed by atoms with Gasteiger partial charge in [-0.2, -0.15) is 0 Å². The number of carboxylic acids is 1. The summed E-state index contributed by atoms with van der Waals surface area (Å²) in [5.74, 6) is -2.16. The van der Waals surface area contributed by atoms with Gasteiger partial charge in [0, 0.05) is 25.6 Å². The zero-order valence-electron chi connectivity index (χ0n) is 20.1. The van der Waals surface area contributed by atoms with E-state index in [9.17, 15) is 19.5 Å². The first-order valence-electron chi connectivity index (χ1n) is 12.2. The van der Waals surface area contributed by atoms with Gasteiger partial charge in [0.05, 0.1) is 6.10 Å². The van der Waals surface area contributed by atoms with Gasteiger partial charge in [0.1, 0.15) is 18.6 Å². The number of benzene rings is 2. The van der Waals surface area contributed by atoms with Crippen molar-refractivity contribution in [3.63, 3.8) is 0 Å². The van der Waals surface area contributed by atoms with E-state index in [4.69, 9.17) is 9.47 Å². The van der Waals surface area contributed by atoms with Crippen LogP contribution in [0.2, 0.25) is 0 Å². The van der Waals surface area contributed by atoms with Crippen molar-refractivity contribution >= 4 is 18.0 Å². The lowest BCUT2D eigenvalue weighted by Crippen LogP contribution is -2.48. The van der Waals surface area contributed by atoms with E-state index in [1.165, 1.54) is 4.90 Å². The van der Waals surface area contributed by atoms with Crippen LogP contribution in [0.25, 0.3) is 11.1 Å². The number of hydrogen-bond donors (Lipinski definition) is 2. The van der Waals surface area contributed by atoms with Crippen molar-refractivity contribution in [3.05, 3.63) is 59.7 Å². The third kappa shape index (κ3) is 5.17. The first kappa shape index (κ1) is 24.7. The fourth-order valence-corrected chi connectivity index (χ4v) is 5.12. The summed E-state index contributed by atoms with van der Waals surface area (Å²) in [5, 5.41) is 12.2. The minimum atomic E-state index is -0.990. The molecule has 3 unspecified atom stereocenters. The fraction of sp³-hybridized carbons (Fsp3) is 0.444. The lowest BCUT2D eigenvalue weighted by atomic mass is 9.98. The van der Waals surface area contributed by atoms with Gasteiger partial charge in [-0.15, -0.1) is 0 Å². The number of aliphatic carboxylic acids is 1. The predicted octanol–water partition coefficient (Wildman–Crippen LogP) is 3.64. The molecule has 1 aliphatic heterocycles. The van der Waals surface area contributed by atoms with Crippen LogP contribution in [0.5, 0.6) is 0 Å². The van der Waals surface area contributed by atoms with Crippen LogP contribution >= 0.6 is 0 Å². The summed E-state index contributed by atoms with van der Waals surface area (Å²) in [5.41, 5.74) is 4.51. The van der Waals surface area contributed by atoms with Gasteiger partial charge < -0.3 is 24.8 Å². The third-order valence-electron chi connectivity index (χ3n) is 6.79. The number of alkyl carbamates (subject to hydrolysis) is 1. The molecular weight excluding hydrogens is 448 g/mol. The Bertz CT molecular complexity index is 1040. The summed E-state index contributed by atoms with van der Waals surface area (Å²) in [6.45, 7) is 4.49. The van der Waals surface area contributed by atoms with E-state index >= 15 is 0 Å². The van der Waals surface area contributed by atoms with Gasteiger partial charge in [-0.1, -0.05) is 61.9 Å². The van der Waals surface area contributed by atoms with E-state index in [1.807, 2.05) is 43.3 Å². The monoisotopic (exact) mass is 480 g/mol. The quantitative estimate of drug-likeness (QED) is 0.568. The maximum absolute atomic E-state index is 13.2. The van der Waals surface area contributed by atoms with E-state index in [2.05, 4.69) is 17.4 Å². The fourth-order valence-electron chi connectivity index (χ4n) is 5.12. The maximum Gasteiger partial charge on any atom is 0.407 e. The molecule has 0 radical (unpaired) electrons. The van der Waals surface area contributed by atoms with E-state index in [-0.39, 0.29) is 31.5 Å². The third-order valence-corrected chi connectivity index (χ3v) is 6.79. The van der Waals surface area contributed by atoms with Crippen molar-refractivity contribution in [3.8, 4) is 11.1 Å². The Morgan fingerprint density at radius 3 is 2.23 bits per heavy atom. The topological polar surface area (TPSA) is 105 Å². The average molecular weight is 481 g/mol. The SMILES string of the molecule is CCCC(NC(=O)OCC1c2ccccc2-c2ccccc21)C(=O)N1CC(OCC)C(C(=O)O)C1. The summed E-state index contributed by atoms with van der Waals surface area (Å²) in [6, 6.07) is 15.4. The molecule has 0 saturated carbocycles. The zero-order valence-corrected chi connectivity index (χ0v) is 20.1. The molecule has 2 aliphatic rings. The van der Waals surface area contributed by atoms with Crippen molar-refractivity contribution in [1.29, 1.82) is 0 Å². The van der Waals surface area contributed by atoms with E-state index < -0.39 is 30.1 Å². The molecule has 35 heavy (non-hydrogen) atoms. The molecule has 1 heterocycles. The van der Waals surface area contributed by atoms with Gasteiger partial charge in [0.2, 0.25) is 5.91 Å². The molecule has 1 aliphatic carbocycles. The number of carbonyl (C=O) groups is 3. The highest BCUT2D eigenvalue weighted by atomic mass is 16.5. The van der Waals surface area contributed by atoms with Crippen LogP contribution in [0, 0.1) is 5.92 Å². The standard InChI is InChI=1S/C27H32N2O6/c1-3-9-23(25(30)29-14-21(26(31)32)24(15-29)34-4-2)28-27(33)35-16-22-19-12-7-5-10-17(19)18-11-6-8-13-20(18)22/h5-8,10-13,21-24H,3-4,9,14-16H2,1-2H3,(H,28,33)(H,31,32). The van der Waals surface area contributed by atoms with Gasteiger partial charge in [-0.3, -0.25) is 9.59 Å². The Morgan fingerprint density at radius 1 is 1.03 bits per heavy atom. The van der Waals surface area contributed by atoms with Crippen LogP contribution < -0.4 is 5.32 Å². The first-order valence-corrected chi connectivity index (χ1v) is 12.2. The summed E-state index contributed by atoms with van der Waals surface area (Å²) in [4.78, 5) is 39.0. The summed E-state index contributed by atoms with van der Waals surface area (Å²) in [6.07, 6.45) is -0.117. The van der Waals surface area contributed by atoms with Crippen molar-refractivity contribution in [2.24, 2.45) is 5.92 Å². The molecule has 2 N–H and O–H groups in total. The number of fused-ring (bicyclic) bond motifs is 3. The Hall–Kier alpha value is -3.39. The maximum atomic E-state index is 13.2. The van der Waals surface area contributed by atoms with Crippen LogP contribution in [0.4, 0.5) is 4.79 Å². The number of likely N-dealkylation sites (tertiary alicyclic amines) is 1. The molecule has 0 bridgehead atoms. The number of ether oxygens (including phenoxy) is 2. The Morgan fingerprint density at radius 2 is 1.66 bits per heavy atom. The van der Waals surface area contributed by atoms with E-state index in [0.29, 0.717) is 19.4 Å². The normalized spacial score (nSPS) is 19.7. The number of nitrogens with one attached hydrogen (secondary N) is 1. The summed E-state index contributed by atoms with van der Waals surface area (Å²) >= 11 is 0. The smallest absolute Gasteiger partial charge is 0.407 e. The van der Waals surface area contributed by atoms with Crippen molar-refractivity contribution in [2.75, 3.05) is 26.3 Å². The zero-order chi connectivity index (χ0) is 24.9. The second kappa shape index (κ2) is 10.9. The summed E-state index contributed by atoms with van der Waals surface area (Å²) < 4.78 is 11.2. The second-order valence-corrected chi connectivity index (χ2v) is 8.99. The van der Waals surface area contributed by atoms with Crippen LogP contribution in [0.1, 0.15) is 43.7 Å². The molecule has 2 aromatic carbocycles. The van der Waals surface area contributed by atoms with E-state index in [1.54, 1.807) is 6.92 Å². The van der Waals surface area contributed by atoms with Gasteiger partial charge >= 0.3 is 12.1 Å². The summed E-state index contributed by atoms with van der Waals surface area (Å²) in [7, 11) is 0. The molecule has 3 atom stereocenters. The highest BCUT2D eigenvalue weighted by molar-refractivity contribution is 5.87. The minimum Gasteiger partial charge on any atom is -0.481 e. The molecule has 186 valence electrons. The Balaban J connectivity index is 1.40. The molecule has 2 amide bonds.